The molecule has 0 heterocycles. The number of hydrogen-bond acceptors (Lipinski definition) is 0. The summed E-state index contributed by atoms with van der Waals surface area (Å²) in [6.45, 7) is 2.63. The third-order valence-corrected chi connectivity index (χ3v) is 1.60. The number of quaternary nitrogens is 2. The Morgan fingerprint density at radius 1 is 0.700 bits per heavy atom. The molecule has 0 rings (SSSR count). The Balaban J connectivity index is 2.91. The first kappa shape index (κ1) is 9.92. The van der Waals surface area contributed by atoms with Gasteiger partial charge in [-0.2, -0.15) is 0 Å². The smallest absolute Gasteiger partial charge is 0.0769 e. The van der Waals surface area contributed by atoms with Gasteiger partial charge in [-0.15, -0.1) is 0 Å². The predicted octanol–water partition coefficient (Wildman–Crippen LogP) is -1.94. The molecule has 0 saturated heterocycles. The summed E-state index contributed by atoms with van der Waals surface area (Å²) in [6, 6.07) is 0. The molecule has 0 saturated carbocycles. The average molecular weight is 146 g/mol. The van der Waals surface area contributed by atoms with Crippen LogP contribution in [0.25, 0.3) is 0 Å². The van der Waals surface area contributed by atoms with Crippen LogP contribution in [0.1, 0.15) is 12.8 Å². The van der Waals surface area contributed by atoms with Crippen LogP contribution >= 0.6 is 0 Å². The maximum Gasteiger partial charge on any atom is 0.0769 e. The van der Waals surface area contributed by atoms with Gasteiger partial charge in [0.1, 0.15) is 0 Å². The van der Waals surface area contributed by atoms with E-state index in [1.807, 2.05) is 0 Å². The molecule has 2 N–H and O–H groups in total. The lowest BCUT2D eigenvalue weighted by atomic mass is 10.3. The zero-order chi connectivity index (χ0) is 7.98. The van der Waals surface area contributed by atoms with E-state index in [9.17, 15) is 0 Å². The first-order valence-electron chi connectivity index (χ1n) is 4.21. The summed E-state index contributed by atoms with van der Waals surface area (Å²) in [5, 5.41) is 0. The highest BCUT2D eigenvalue weighted by molar-refractivity contribution is 4.32. The number of hydrogen-bond donors (Lipinski definition) is 2. The zero-order valence-electron chi connectivity index (χ0n) is 7.83. The summed E-state index contributed by atoms with van der Waals surface area (Å²) in [7, 11) is 8.84. The van der Waals surface area contributed by atoms with Crippen LogP contribution in [0, 0.1) is 0 Å². The number of rotatable bonds is 5. The molecule has 0 aromatic carbocycles. The van der Waals surface area contributed by atoms with E-state index in [2.05, 4.69) is 28.2 Å². The number of nitrogens with one attached hydrogen (secondary N) is 2. The maximum absolute atomic E-state index is 2.21. The molecule has 0 aliphatic carbocycles. The van der Waals surface area contributed by atoms with Crippen LogP contribution in [0.4, 0.5) is 0 Å². The topological polar surface area (TPSA) is 8.88 Å². The monoisotopic (exact) mass is 146 g/mol. The van der Waals surface area contributed by atoms with Gasteiger partial charge in [-0.05, 0) is 0 Å². The molecule has 0 unspecified atom stereocenters. The fraction of sp³-hybridized carbons (Fsp3) is 1.00. The Hall–Kier alpha value is -0.0800. The van der Waals surface area contributed by atoms with Crippen molar-refractivity contribution >= 4 is 0 Å². The molecule has 0 aliphatic rings. The van der Waals surface area contributed by atoms with Gasteiger partial charge in [0.25, 0.3) is 0 Å². The van der Waals surface area contributed by atoms with E-state index in [1.165, 1.54) is 25.9 Å². The summed E-state index contributed by atoms with van der Waals surface area (Å²) in [6.07, 6.45) is 2.74. The molecule has 2 heteroatoms. The molecule has 0 fully saturated rings. The highest BCUT2D eigenvalue weighted by atomic mass is 15.1. The minimum atomic E-state index is 1.31. The first-order chi connectivity index (χ1) is 4.63. The summed E-state index contributed by atoms with van der Waals surface area (Å²) < 4.78 is 0. The van der Waals surface area contributed by atoms with Crippen molar-refractivity contribution in [1.29, 1.82) is 0 Å². The Labute approximate surface area is 64.8 Å². The molecule has 0 aromatic heterocycles. The summed E-state index contributed by atoms with van der Waals surface area (Å²) >= 11 is 0. The van der Waals surface area contributed by atoms with E-state index in [4.69, 9.17) is 0 Å². The third kappa shape index (κ3) is 7.92. The van der Waals surface area contributed by atoms with Crippen LogP contribution in [0.5, 0.6) is 0 Å². The molecule has 62 valence electrons. The van der Waals surface area contributed by atoms with Crippen molar-refractivity contribution in [3.63, 3.8) is 0 Å². The van der Waals surface area contributed by atoms with Crippen molar-refractivity contribution in [1.82, 2.24) is 0 Å². The van der Waals surface area contributed by atoms with E-state index in [1.54, 1.807) is 9.80 Å². The van der Waals surface area contributed by atoms with Crippen LogP contribution in [0.2, 0.25) is 0 Å². The normalized spacial score (nSPS) is 11.4. The molecule has 0 aliphatic heterocycles. The molecule has 0 atom stereocenters. The van der Waals surface area contributed by atoms with Crippen molar-refractivity contribution in [2.24, 2.45) is 0 Å². The van der Waals surface area contributed by atoms with Gasteiger partial charge < -0.3 is 9.80 Å². The molecule has 0 amide bonds. The van der Waals surface area contributed by atoms with Crippen LogP contribution in [-0.4, -0.2) is 41.3 Å². The van der Waals surface area contributed by atoms with Gasteiger partial charge in [0.15, 0.2) is 0 Å². The Morgan fingerprint density at radius 3 is 1.20 bits per heavy atom. The van der Waals surface area contributed by atoms with Gasteiger partial charge in [-0.25, -0.2) is 0 Å². The Morgan fingerprint density at radius 2 is 1.00 bits per heavy atom. The standard InChI is InChI=1S/C8H20N2/c1-9(2)7-5-6-8-10(3)4/h5-8H2,1-4H3/p+2. The van der Waals surface area contributed by atoms with Crippen LogP contribution in [0.3, 0.4) is 0 Å². The second-order valence-electron chi connectivity index (χ2n) is 3.62. The molecule has 0 bridgehead atoms. The lowest BCUT2D eigenvalue weighted by molar-refractivity contribution is -0.865. The van der Waals surface area contributed by atoms with Gasteiger partial charge in [-0.1, -0.05) is 0 Å². The van der Waals surface area contributed by atoms with E-state index < -0.39 is 0 Å². The highest BCUT2D eigenvalue weighted by Gasteiger charge is 1.95. The number of unbranched alkanes of at least 4 members (excludes halogenated alkanes) is 1. The summed E-state index contributed by atoms with van der Waals surface area (Å²) in [5.74, 6) is 0. The maximum atomic E-state index is 2.21. The summed E-state index contributed by atoms with van der Waals surface area (Å²) in [5.41, 5.74) is 0. The molecule has 0 spiro atoms. The molecular formula is C8H22N2+2. The third-order valence-electron chi connectivity index (χ3n) is 1.60. The van der Waals surface area contributed by atoms with Crippen molar-refractivity contribution in [2.45, 2.75) is 12.8 Å². The molecule has 0 aromatic rings. The minimum Gasteiger partial charge on any atom is -0.340 e. The first-order valence-corrected chi connectivity index (χ1v) is 4.21. The second kappa shape index (κ2) is 5.69. The molecule has 10 heavy (non-hydrogen) atoms. The molecule has 2 nitrogen and oxygen atoms in total. The summed E-state index contributed by atoms with van der Waals surface area (Å²) in [4.78, 5) is 3.13. The van der Waals surface area contributed by atoms with Gasteiger partial charge in [0.05, 0.1) is 41.3 Å². The van der Waals surface area contributed by atoms with Crippen molar-refractivity contribution in [2.75, 3.05) is 41.3 Å². The zero-order valence-corrected chi connectivity index (χ0v) is 7.83. The Kier molecular flexibility index (Phi) is 5.64. The fourth-order valence-electron chi connectivity index (χ4n) is 0.957. The van der Waals surface area contributed by atoms with Crippen molar-refractivity contribution < 1.29 is 9.80 Å². The lowest BCUT2D eigenvalue weighted by Crippen LogP contribution is -3.06. The van der Waals surface area contributed by atoms with E-state index in [-0.39, 0.29) is 0 Å². The molecule has 0 radical (unpaired) electrons. The second-order valence-corrected chi connectivity index (χ2v) is 3.62. The average Bonchev–Trinajstić information content (AvgIpc) is 1.79. The fourth-order valence-corrected chi connectivity index (χ4v) is 0.957. The SMILES string of the molecule is C[NH+](C)CCCC[NH+](C)C. The van der Waals surface area contributed by atoms with E-state index >= 15 is 0 Å². The van der Waals surface area contributed by atoms with Crippen molar-refractivity contribution in [3.05, 3.63) is 0 Å². The van der Waals surface area contributed by atoms with E-state index in [0.29, 0.717) is 0 Å². The van der Waals surface area contributed by atoms with Gasteiger partial charge in [-0.3, -0.25) is 0 Å². The van der Waals surface area contributed by atoms with Crippen molar-refractivity contribution in [3.8, 4) is 0 Å². The predicted molar refractivity (Wildman–Crippen MR) is 44.6 cm³/mol. The van der Waals surface area contributed by atoms with Crippen LogP contribution < -0.4 is 9.80 Å². The van der Waals surface area contributed by atoms with Gasteiger partial charge in [0, 0.05) is 12.8 Å². The van der Waals surface area contributed by atoms with Gasteiger partial charge in [0.2, 0.25) is 0 Å². The quantitative estimate of drug-likeness (QED) is 0.417. The highest BCUT2D eigenvalue weighted by Crippen LogP contribution is 1.77. The van der Waals surface area contributed by atoms with Crippen LogP contribution in [-0.2, 0) is 0 Å². The minimum absolute atomic E-state index is 1.31. The Bertz CT molecular complexity index is 59.7. The lowest BCUT2D eigenvalue weighted by Gasteiger charge is -2.08. The van der Waals surface area contributed by atoms with Crippen LogP contribution in [0.15, 0.2) is 0 Å². The van der Waals surface area contributed by atoms with Gasteiger partial charge >= 0.3 is 0 Å². The largest absolute Gasteiger partial charge is 0.340 e. The molecular weight excluding hydrogens is 124 g/mol. The van der Waals surface area contributed by atoms with E-state index in [0.717, 1.165) is 0 Å².